The lowest BCUT2D eigenvalue weighted by Crippen LogP contribution is -2.67. The molecule has 19 fully saturated rings. The molecule has 0 aromatic heterocycles. The molecule has 512 valence electrons. The van der Waals surface area contributed by atoms with Gasteiger partial charge >= 0.3 is 0 Å². The monoisotopic (exact) mass is 1280 g/mol. The number of aliphatic hydroxyl groups excluding tert-OH is 16. The zero-order chi connectivity index (χ0) is 64.1. The Kier molecular flexibility index (Phi) is 24.4. The Morgan fingerprint density at radius 1 is 0.148 bits per heavy atom. The van der Waals surface area contributed by atoms with Crippen LogP contribution in [0.5, 0.6) is 0 Å². The zero-order valence-corrected chi connectivity index (χ0v) is 50.4. The van der Waals surface area contributed by atoms with Crippen LogP contribution in [-0.4, -0.2) is 327 Å². The minimum Gasteiger partial charge on any atom is -0.388 e. The number of hydrogen-bond acceptors (Lipinski definition) is 32. The van der Waals surface area contributed by atoms with Gasteiger partial charge in [-0.25, -0.2) is 0 Å². The standard InChI is InChI=1S/C56H96O32/c1-9-17-25(57)48-40(72)56(73-17)87-47-24(16-8)79-54(38(70)31(47)63)85-45-22(14-6)77-52(36(68)29(45)61)83-43-20(12-4)75-50(34(66)27(43)59)81-41-18(10-2)74-49(33(65)26(41)58)82-42-19(11-3)76-51(35(67)28(42)60)84-44-21(13-5)78-53(37(69)30(44)62)86-46-23(15-7)80-55(88-48)39(71)32(46)64/h17-72H,9-16H2,1-8H3/t17?,18?,19?,20?,21?,22?,23?,24?,25-,26-,27-,28-,29-,30-,31-,32-,33?,34?,35?,36?,37?,38?,39?,40?,41-,42-,43-,44-,45-,46-,47-,48+,49-,50-,51+,52-,53-,54-,55-,56+/m1/s1. The second-order valence-corrected chi connectivity index (χ2v) is 24.3. The van der Waals surface area contributed by atoms with Gasteiger partial charge in [-0.3, -0.25) is 0 Å². The van der Waals surface area contributed by atoms with Crippen molar-refractivity contribution >= 4 is 0 Å². The first kappa shape index (κ1) is 71.0. The molecule has 19 aliphatic rings. The molecule has 19 saturated heterocycles. The van der Waals surface area contributed by atoms with Crippen molar-refractivity contribution in [1.29, 1.82) is 0 Å². The lowest BCUT2D eigenvalue weighted by molar-refractivity contribution is -0.396. The van der Waals surface area contributed by atoms with Crippen LogP contribution in [-0.2, 0) is 75.8 Å². The highest BCUT2D eigenvalue weighted by Gasteiger charge is 2.60. The lowest BCUT2D eigenvalue weighted by atomic mass is 9.93. The minimum atomic E-state index is -1.98. The van der Waals surface area contributed by atoms with Crippen LogP contribution < -0.4 is 0 Å². The topological polar surface area (TPSA) is 471 Å². The number of fused-ring (bicyclic) bond motifs is 1. The van der Waals surface area contributed by atoms with Crippen molar-refractivity contribution < 1.29 is 157 Å². The third kappa shape index (κ3) is 13.9. The van der Waals surface area contributed by atoms with E-state index in [0.29, 0.717) is 0 Å². The third-order valence-electron chi connectivity index (χ3n) is 18.7. The van der Waals surface area contributed by atoms with E-state index in [0.717, 1.165) is 0 Å². The molecule has 16 bridgehead atoms. The first-order chi connectivity index (χ1) is 41.9. The molecule has 16 unspecified atom stereocenters. The predicted octanol–water partition coefficient (Wildman–Crippen LogP) is -6.06. The van der Waals surface area contributed by atoms with E-state index in [9.17, 15) is 81.7 Å². The quantitative estimate of drug-likeness (QED) is 0.108. The summed E-state index contributed by atoms with van der Waals surface area (Å²) in [6, 6.07) is 0. The number of ether oxygens (including phenoxy) is 16. The Hall–Kier alpha value is -1.28. The molecule has 0 aromatic carbocycles. The summed E-state index contributed by atoms with van der Waals surface area (Å²) in [6.07, 6.45) is -64.2. The molecule has 0 aliphatic carbocycles. The van der Waals surface area contributed by atoms with E-state index in [-0.39, 0.29) is 51.4 Å². The molecule has 19 aliphatic heterocycles. The second-order valence-electron chi connectivity index (χ2n) is 24.3. The van der Waals surface area contributed by atoms with Gasteiger partial charge in [0, 0.05) is 0 Å². The van der Waals surface area contributed by atoms with Crippen molar-refractivity contribution in [2.24, 2.45) is 0 Å². The Bertz CT molecular complexity index is 2130. The van der Waals surface area contributed by atoms with Crippen molar-refractivity contribution in [2.45, 2.75) is 352 Å². The van der Waals surface area contributed by atoms with Gasteiger partial charge in [0.15, 0.2) is 50.3 Å². The van der Waals surface area contributed by atoms with E-state index in [1.165, 1.54) is 0 Å². The first-order valence-corrected chi connectivity index (χ1v) is 31.3. The Morgan fingerprint density at radius 2 is 0.284 bits per heavy atom. The molecule has 0 saturated carbocycles. The maximum atomic E-state index is 11.9. The van der Waals surface area contributed by atoms with Crippen molar-refractivity contribution in [3.63, 3.8) is 0 Å². The summed E-state index contributed by atoms with van der Waals surface area (Å²) in [5.74, 6) is 0. The minimum absolute atomic E-state index is 0.0615. The molecule has 19 rings (SSSR count). The molecule has 32 nitrogen and oxygen atoms in total. The highest BCUT2D eigenvalue weighted by atomic mass is 16.8. The maximum absolute atomic E-state index is 11.9. The Morgan fingerprint density at radius 3 is 0.443 bits per heavy atom. The molecule has 32 heteroatoms. The highest BCUT2D eigenvalue weighted by Crippen LogP contribution is 2.41. The van der Waals surface area contributed by atoms with Crippen molar-refractivity contribution in [1.82, 2.24) is 0 Å². The van der Waals surface area contributed by atoms with Crippen LogP contribution in [0.15, 0.2) is 0 Å². The van der Waals surface area contributed by atoms with Gasteiger partial charge in [-0.2, -0.15) is 0 Å². The van der Waals surface area contributed by atoms with Gasteiger partial charge in [-0.15, -0.1) is 0 Å². The van der Waals surface area contributed by atoms with E-state index in [1.807, 2.05) is 0 Å². The Labute approximate surface area is 508 Å². The van der Waals surface area contributed by atoms with Crippen molar-refractivity contribution in [3.05, 3.63) is 0 Å². The SMILES string of the molecule is CCC1O[C@H]2O[C@@H]3C(CC)O[C@H](O[C@@H]4C(CC)O[C@H](O[C@@H]5C(CC)O[C@H](O[C@@H]6C(CC)O[C@H](O[C@@H]7C(CC)O[C@@H](O[C@@H]8C(CC)O[C@H](O[C@@H]9C(CC)O[C@H](O[C@H](C2O)[C@@H]1O)C(O)[C@H]9O)C(O)[C@H]8O)C(O)[C@H]7O)C(O)[C@H]6O)C(O)[C@H]5O)C(O)[C@H]4O)C(O)[C@H]3O. The van der Waals surface area contributed by atoms with E-state index in [1.54, 1.807) is 55.4 Å². The predicted molar refractivity (Wildman–Crippen MR) is 287 cm³/mol. The van der Waals surface area contributed by atoms with Crippen LogP contribution in [0.25, 0.3) is 0 Å². The number of aliphatic hydroxyl groups is 16. The summed E-state index contributed by atoms with van der Waals surface area (Å²) >= 11 is 0. The molecule has 0 amide bonds. The van der Waals surface area contributed by atoms with Gasteiger partial charge in [0.1, 0.15) is 146 Å². The molecule has 19 heterocycles. The van der Waals surface area contributed by atoms with Gasteiger partial charge in [0.25, 0.3) is 0 Å². The zero-order valence-electron chi connectivity index (χ0n) is 50.4. The van der Waals surface area contributed by atoms with Crippen LogP contribution in [0.3, 0.4) is 0 Å². The lowest BCUT2D eigenvalue weighted by Gasteiger charge is -2.50. The van der Waals surface area contributed by atoms with E-state index in [2.05, 4.69) is 0 Å². The summed E-state index contributed by atoms with van der Waals surface area (Å²) in [4.78, 5) is 0. The van der Waals surface area contributed by atoms with Gasteiger partial charge in [-0.1, -0.05) is 55.4 Å². The fourth-order valence-electron chi connectivity index (χ4n) is 13.4. The van der Waals surface area contributed by atoms with E-state index >= 15 is 0 Å². The summed E-state index contributed by atoms with van der Waals surface area (Å²) < 4.78 is 97.9. The third-order valence-corrected chi connectivity index (χ3v) is 18.7. The maximum Gasteiger partial charge on any atom is 0.187 e. The van der Waals surface area contributed by atoms with Crippen LogP contribution >= 0.6 is 0 Å². The average Bonchev–Trinajstić information content (AvgIpc) is 1.70. The summed E-state index contributed by atoms with van der Waals surface area (Å²) in [7, 11) is 0. The highest BCUT2D eigenvalue weighted by molar-refractivity contribution is 5.02. The fourth-order valence-corrected chi connectivity index (χ4v) is 13.4. The van der Waals surface area contributed by atoms with Crippen LogP contribution in [0.1, 0.15) is 107 Å². The average molecular weight is 1280 g/mol. The fraction of sp³-hybridized carbons (Fsp3) is 1.00. The van der Waals surface area contributed by atoms with Crippen molar-refractivity contribution in [3.8, 4) is 0 Å². The molecule has 0 radical (unpaired) electrons. The smallest absolute Gasteiger partial charge is 0.187 e. The largest absolute Gasteiger partial charge is 0.388 e. The van der Waals surface area contributed by atoms with Crippen LogP contribution in [0.2, 0.25) is 0 Å². The van der Waals surface area contributed by atoms with Crippen molar-refractivity contribution in [2.75, 3.05) is 0 Å². The first-order valence-electron chi connectivity index (χ1n) is 31.3. The van der Waals surface area contributed by atoms with Crippen LogP contribution in [0, 0.1) is 0 Å². The molecule has 0 spiro atoms. The second kappa shape index (κ2) is 30.2. The molecular weight excluding hydrogens is 1180 g/mol. The summed E-state index contributed by atoms with van der Waals surface area (Å²) in [6.45, 7) is 13.2. The molecular formula is C56H96O32. The van der Waals surface area contributed by atoms with Gasteiger partial charge in [0.2, 0.25) is 0 Å². The van der Waals surface area contributed by atoms with Gasteiger partial charge in [0.05, 0.1) is 48.8 Å². The van der Waals surface area contributed by atoms with Crippen LogP contribution in [0.4, 0.5) is 0 Å². The van der Waals surface area contributed by atoms with E-state index in [4.69, 9.17) is 75.8 Å². The van der Waals surface area contributed by atoms with Gasteiger partial charge in [-0.05, 0) is 51.4 Å². The number of hydrogen-bond donors (Lipinski definition) is 16. The summed E-state index contributed by atoms with van der Waals surface area (Å²) in [5, 5.41) is 186. The molecule has 40 atom stereocenters. The van der Waals surface area contributed by atoms with E-state index < -0.39 is 246 Å². The number of rotatable bonds is 8. The van der Waals surface area contributed by atoms with Gasteiger partial charge < -0.3 is 157 Å². The molecule has 88 heavy (non-hydrogen) atoms. The Balaban J connectivity index is 0.990. The normalized spacial score (nSPS) is 55.4. The summed E-state index contributed by atoms with van der Waals surface area (Å²) in [5.41, 5.74) is 0. The molecule has 0 aromatic rings. The molecule has 16 N–H and O–H groups in total.